The van der Waals surface area contributed by atoms with Gasteiger partial charge in [0.25, 0.3) is 5.91 Å². The van der Waals surface area contributed by atoms with Crippen LogP contribution in [0.1, 0.15) is 27.4 Å². The van der Waals surface area contributed by atoms with Gasteiger partial charge in [0.15, 0.2) is 5.82 Å². The SMILES string of the molecule is O=C(Nc1cccc(C(=O)N2CC(C(=O)O)C2)c1F)OCC1c2ccccc2-c2ccccc21. The van der Waals surface area contributed by atoms with Crippen molar-refractivity contribution in [2.75, 3.05) is 25.0 Å². The molecular formula is C26H21FN2O5. The number of rotatable bonds is 5. The van der Waals surface area contributed by atoms with Crippen LogP contribution in [0.25, 0.3) is 11.1 Å². The molecule has 1 heterocycles. The van der Waals surface area contributed by atoms with E-state index < -0.39 is 29.7 Å². The Bertz CT molecular complexity index is 1260. The second kappa shape index (κ2) is 8.62. The van der Waals surface area contributed by atoms with E-state index in [2.05, 4.69) is 5.32 Å². The molecule has 1 fully saturated rings. The highest BCUT2D eigenvalue weighted by Gasteiger charge is 2.37. The highest BCUT2D eigenvalue weighted by atomic mass is 19.1. The Morgan fingerprint density at radius 1 is 0.941 bits per heavy atom. The quantitative estimate of drug-likeness (QED) is 0.591. The van der Waals surface area contributed by atoms with Crippen LogP contribution in [-0.2, 0) is 9.53 Å². The molecule has 2 aliphatic rings. The number of carbonyl (C=O) groups is 3. The number of carboxylic acids is 1. The van der Waals surface area contributed by atoms with Crippen molar-refractivity contribution in [3.63, 3.8) is 0 Å². The summed E-state index contributed by atoms with van der Waals surface area (Å²) in [6.07, 6.45) is -0.833. The summed E-state index contributed by atoms with van der Waals surface area (Å²) in [5.41, 5.74) is 3.90. The number of hydrogen-bond acceptors (Lipinski definition) is 4. The second-order valence-corrected chi connectivity index (χ2v) is 8.36. The molecule has 1 saturated heterocycles. The Hall–Kier alpha value is -4.20. The summed E-state index contributed by atoms with van der Waals surface area (Å²) in [5.74, 6) is -3.28. The topological polar surface area (TPSA) is 95.9 Å². The Kier molecular flexibility index (Phi) is 5.49. The van der Waals surface area contributed by atoms with E-state index in [0.717, 1.165) is 22.3 Å². The van der Waals surface area contributed by atoms with E-state index in [-0.39, 0.29) is 36.9 Å². The van der Waals surface area contributed by atoms with Gasteiger partial charge in [-0.3, -0.25) is 14.9 Å². The Balaban J connectivity index is 1.26. The number of nitrogens with zero attached hydrogens (tertiary/aromatic N) is 1. The fourth-order valence-corrected chi connectivity index (χ4v) is 4.51. The van der Waals surface area contributed by atoms with E-state index in [9.17, 15) is 18.8 Å². The number of aliphatic carboxylic acids is 1. The number of halogens is 1. The maximum Gasteiger partial charge on any atom is 0.411 e. The zero-order chi connectivity index (χ0) is 23.8. The summed E-state index contributed by atoms with van der Waals surface area (Å²) in [6, 6.07) is 19.9. The molecular weight excluding hydrogens is 439 g/mol. The standard InChI is InChI=1S/C26H21FN2O5/c27-23-20(24(30)29-12-15(13-29)25(31)32)10-5-11-22(23)28-26(33)34-14-21-18-8-3-1-6-16(18)17-7-2-4-9-19(17)21/h1-11,15,21H,12-14H2,(H,28,33)(H,31,32). The fraction of sp³-hybridized carbons (Fsp3) is 0.192. The summed E-state index contributed by atoms with van der Waals surface area (Å²) in [5, 5.41) is 11.3. The molecule has 3 aromatic carbocycles. The van der Waals surface area contributed by atoms with Gasteiger partial charge < -0.3 is 14.7 Å². The summed E-state index contributed by atoms with van der Waals surface area (Å²) >= 11 is 0. The number of carbonyl (C=O) groups excluding carboxylic acids is 2. The van der Waals surface area contributed by atoms with Gasteiger partial charge in [0, 0.05) is 19.0 Å². The number of amides is 2. The summed E-state index contributed by atoms with van der Waals surface area (Å²) in [7, 11) is 0. The molecule has 1 aliphatic heterocycles. The monoisotopic (exact) mass is 460 g/mol. The minimum Gasteiger partial charge on any atom is -0.481 e. The van der Waals surface area contributed by atoms with Gasteiger partial charge in [-0.1, -0.05) is 54.6 Å². The first kappa shape index (κ1) is 21.6. The molecule has 0 spiro atoms. The zero-order valence-electron chi connectivity index (χ0n) is 18.0. The normalized spacial score (nSPS) is 14.7. The van der Waals surface area contributed by atoms with Crippen molar-refractivity contribution < 1.29 is 28.6 Å². The molecule has 3 aromatic rings. The third-order valence-electron chi connectivity index (χ3n) is 6.33. The Labute approximate surface area is 194 Å². The highest BCUT2D eigenvalue weighted by Crippen LogP contribution is 2.44. The van der Waals surface area contributed by atoms with E-state index in [1.54, 1.807) is 0 Å². The van der Waals surface area contributed by atoms with Gasteiger partial charge in [0.1, 0.15) is 6.61 Å². The molecule has 8 heteroatoms. The molecule has 0 atom stereocenters. The number of likely N-dealkylation sites (tertiary alicyclic amines) is 1. The van der Waals surface area contributed by atoms with Gasteiger partial charge in [-0.15, -0.1) is 0 Å². The van der Waals surface area contributed by atoms with Crippen molar-refractivity contribution >= 4 is 23.7 Å². The number of anilines is 1. The average Bonchev–Trinajstić information content (AvgIpc) is 3.11. The lowest BCUT2D eigenvalue weighted by Crippen LogP contribution is -2.53. The number of benzene rings is 3. The lowest BCUT2D eigenvalue weighted by Gasteiger charge is -2.36. The van der Waals surface area contributed by atoms with Crippen LogP contribution in [0.2, 0.25) is 0 Å². The molecule has 0 aromatic heterocycles. The minimum absolute atomic E-state index is 0.0254. The van der Waals surface area contributed by atoms with Crippen LogP contribution in [0, 0.1) is 11.7 Å². The highest BCUT2D eigenvalue weighted by molar-refractivity contribution is 5.98. The van der Waals surface area contributed by atoms with Gasteiger partial charge in [-0.25, -0.2) is 9.18 Å². The van der Waals surface area contributed by atoms with Crippen LogP contribution >= 0.6 is 0 Å². The van der Waals surface area contributed by atoms with E-state index in [0.29, 0.717) is 0 Å². The number of hydrogen-bond donors (Lipinski definition) is 2. The molecule has 34 heavy (non-hydrogen) atoms. The van der Waals surface area contributed by atoms with E-state index in [1.807, 2.05) is 48.5 Å². The molecule has 5 rings (SSSR count). The Morgan fingerprint density at radius 3 is 2.18 bits per heavy atom. The molecule has 7 nitrogen and oxygen atoms in total. The first-order chi connectivity index (χ1) is 16.4. The second-order valence-electron chi connectivity index (χ2n) is 8.36. The Morgan fingerprint density at radius 2 is 1.56 bits per heavy atom. The number of ether oxygens (including phenoxy) is 1. The third kappa shape index (κ3) is 3.77. The largest absolute Gasteiger partial charge is 0.481 e. The first-order valence-electron chi connectivity index (χ1n) is 10.9. The summed E-state index contributed by atoms with van der Waals surface area (Å²) < 4.78 is 20.4. The van der Waals surface area contributed by atoms with Crippen molar-refractivity contribution in [1.82, 2.24) is 4.90 Å². The fourth-order valence-electron chi connectivity index (χ4n) is 4.51. The third-order valence-corrected chi connectivity index (χ3v) is 6.33. The lowest BCUT2D eigenvalue weighted by molar-refractivity contribution is -0.146. The molecule has 0 saturated carbocycles. The van der Waals surface area contributed by atoms with Crippen LogP contribution in [0.15, 0.2) is 66.7 Å². The number of carboxylic acid groups (broad SMARTS) is 1. The van der Waals surface area contributed by atoms with Crippen LogP contribution in [0.5, 0.6) is 0 Å². The number of nitrogens with one attached hydrogen (secondary N) is 1. The van der Waals surface area contributed by atoms with Gasteiger partial charge in [-0.2, -0.15) is 0 Å². The molecule has 2 amide bonds. The predicted octanol–water partition coefficient (Wildman–Crippen LogP) is 4.34. The van der Waals surface area contributed by atoms with Crippen LogP contribution in [0.3, 0.4) is 0 Å². The van der Waals surface area contributed by atoms with Gasteiger partial charge in [0.2, 0.25) is 0 Å². The van der Waals surface area contributed by atoms with Crippen molar-refractivity contribution in [2.24, 2.45) is 5.92 Å². The zero-order valence-corrected chi connectivity index (χ0v) is 18.0. The van der Waals surface area contributed by atoms with Crippen LogP contribution < -0.4 is 5.32 Å². The van der Waals surface area contributed by atoms with E-state index >= 15 is 0 Å². The van der Waals surface area contributed by atoms with Crippen molar-refractivity contribution in [1.29, 1.82) is 0 Å². The van der Waals surface area contributed by atoms with E-state index in [4.69, 9.17) is 9.84 Å². The molecule has 172 valence electrons. The van der Waals surface area contributed by atoms with Crippen molar-refractivity contribution in [2.45, 2.75) is 5.92 Å². The predicted molar refractivity (Wildman–Crippen MR) is 122 cm³/mol. The van der Waals surface area contributed by atoms with Crippen LogP contribution in [-0.4, -0.2) is 47.7 Å². The maximum absolute atomic E-state index is 15.0. The molecule has 0 bridgehead atoms. The summed E-state index contributed by atoms with van der Waals surface area (Å²) in [4.78, 5) is 37.2. The van der Waals surface area contributed by atoms with Crippen LogP contribution in [0.4, 0.5) is 14.9 Å². The van der Waals surface area contributed by atoms with Crippen molar-refractivity contribution in [3.05, 3.63) is 89.2 Å². The van der Waals surface area contributed by atoms with Gasteiger partial charge >= 0.3 is 12.1 Å². The van der Waals surface area contributed by atoms with Gasteiger partial charge in [0.05, 0.1) is 17.2 Å². The summed E-state index contributed by atoms with van der Waals surface area (Å²) in [6.45, 7) is 0.125. The lowest BCUT2D eigenvalue weighted by atomic mass is 9.98. The van der Waals surface area contributed by atoms with Gasteiger partial charge in [-0.05, 0) is 34.4 Å². The molecule has 2 N–H and O–H groups in total. The smallest absolute Gasteiger partial charge is 0.411 e. The minimum atomic E-state index is -0.991. The molecule has 1 aliphatic carbocycles. The molecule has 0 unspecified atom stereocenters. The maximum atomic E-state index is 15.0. The van der Waals surface area contributed by atoms with Crippen molar-refractivity contribution in [3.8, 4) is 11.1 Å². The molecule has 0 radical (unpaired) electrons. The number of fused-ring (bicyclic) bond motifs is 3. The average molecular weight is 460 g/mol. The first-order valence-corrected chi connectivity index (χ1v) is 10.9. The van der Waals surface area contributed by atoms with E-state index in [1.165, 1.54) is 23.1 Å².